The summed E-state index contributed by atoms with van der Waals surface area (Å²) in [5.41, 5.74) is -1.07. The molecule has 0 heterocycles. The highest BCUT2D eigenvalue weighted by molar-refractivity contribution is 5.86. The van der Waals surface area contributed by atoms with Gasteiger partial charge in [-0.1, -0.05) is 26.7 Å². The lowest BCUT2D eigenvalue weighted by Crippen LogP contribution is -2.55. The molecule has 1 fully saturated rings. The molecular formula is C14H26N2O4. The van der Waals surface area contributed by atoms with Gasteiger partial charge in [-0.25, -0.2) is 9.59 Å². The van der Waals surface area contributed by atoms with Crippen molar-refractivity contribution in [3.05, 3.63) is 0 Å². The summed E-state index contributed by atoms with van der Waals surface area (Å²) in [6, 6.07) is -0.404. The normalized spacial score (nSPS) is 17.1. The summed E-state index contributed by atoms with van der Waals surface area (Å²) in [5, 5.41) is 14.5. The molecule has 0 aromatic carbocycles. The van der Waals surface area contributed by atoms with Crippen molar-refractivity contribution in [1.82, 2.24) is 10.6 Å². The Morgan fingerprint density at radius 1 is 1.30 bits per heavy atom. The van der Waals surface area contributed by atoms with E-state index in [0.29, 0.717) is 38.5 Å². The number of carbonyl (C=O) groups excluding carboxylic acids is 1. The monoisotopic (exact) mass is 286 g/mol. The van der Waals surface area contributed by atoms with Crippen molar-refractivity contribution in [1.29, 1.82) is 0 Å². The molecule has 0 aromatic heterocycles. The summed E-state index contributed by atoms with van der Waals surface area (Å²) in [5.74, 6) is -0.436. The summed E-state index contributed by atoms with van der Waals surface area (Å²) in [6.07, 6.45) is 3.42. The first-order valence-corrected chi connectivity index (χ1v) is 7.33. The second-order valence-electron chi connectivity index (χ2n) is 5.80. The fourth-order valence-electron chi connectivity index (χ4n) is 2.33. The molecule has 0 radical (unpaired) electrons. The summed E-state index contributed by atoms with van der Waals surface area (Å²) in [4.78, 5) is 23.0. The van der Waals surface area contributed by atoms with E-state index in [1.807, 2.05) is 0 Å². The molecule has 116 valence electrons. The lowest BCUT2D eigenvalue weighted by atomic mass is 9.98. The predicted octanol–water partition coefficient (Wildman–Crippen LogP) is 1.75. The van der Waals surface area contributed by atoms with Gasteiger partial charge in [-0.05, 0) is 25.2 Å². The molecule has 0 saturated heterocycles. The van der Waals surface area contributed by atoms with Crippen LogP contribution in [0.5, 0.6) is 0 Å². The van der Waals surface area contributed by atoms with E-state index in [1.165, 1.54) is 0 Å². The molecule has 0 aromatic rings. The average Bonchev–Trinajstić information content (AvgIpc) is 2.83. The highest BCUT2D eigenvalue weighted by Gasteiger charge is 2.42. The Labute approximate surface area is 120 Å². The average molecular weight is 286 g/mol. The van der Waals surface area contributed by atoms with Crippen molar-refractivity contribution >= 4 is 12.0 Å². The quantitative estimate of drug-likeness (QED) is 0.593. The third-order valence-corrected chi connectivity index (χ3v) is 3.42. The van der Waals surface area contributed by atoms with E-state index in [-0.39, 0.29) is 0 Å². The number of urea groups is 1. The molecule has 1 rings (SSSR count). The zero-order valence-electron chi connectivity index (χ0n) is 12.4. The van der Waals surface area contributed by atoms with Crippen LogP contribution in [-0.4, -0.2) is 42.4 Å². The molecule has 6 nitrogen and oxygen atoms in total. The minimum atomic E-state index is -1.07. The minimum Gasteiger partial charge on any atom is -0.480 e. The number of nitrogens with one attached hydrogen (secondary N) is 2. The van der Waals surface area contributed by atoms with Gasteiger partial charge in [0, 0.05) is 19.8 Å². The van der Waals surface area contributed by atoms with Crippen LogP contribution in [0.15, 0.2) is 0 Å². The summed E-state index contributed by atoms with van der Waals surface area (Å²) in [6.45, 7) is 5.97. The molecule has 6 heteroatoms. The van der Waals surface area contributed by atoms with Crippen LogP contribution in [0, 0.1) is 5.92 Å². The van der Waals surface area contributed by atoms with Crippen LogP contribution >= 0.6 is 0 Å². The predicted molar refractivity (Wildman–Crippen MR) is 75.6 cm³/mol. The fourth-order valence-corrected chi connectivity index (χ4v) is 2.33. The Balaban J connectivity index is 2.18. The Hall–Kier alpha value is -1.30. The third kappa shape index (κ3) is 5.36. The van der Waals surface area contributed by atoms with E-state index in [4.69, 9.17) is 4.74 Å². The van der Waals surface area contributed by atoms with Crippen molar-refractivity contribution in [3.8, 4) is 0 Å². The van der Waals surface area contributed by atoms with Crippen LogP contribution in [0.3, 0.4) is 0 Å². The first-order valence-electron chi connectivity index (χ1n) is 7.33. The standard InChI is InChI=1S/C14H26N2O4/c1-11(2)10-20-9-5-8-15-13(19)16-14(12(17)18)6-3-4-7-14/h11H,3-10H2,1-2H3,(H,17,18)(H2,15,16,19). The van der Waals surface area contributed by atoms with E-state index in [0.717, 1.165) is 19.3 Å². The number of hydrogen-bond donors (Lipinski definition) is 3. The van der Waals surface area contributed by atoms with Crippen LogP contribution in [0.2, 0.25) is 0 Å². The van der Waals surface area contributed by atoms with Gasteiger partial charge in [-0.2, -0.15) is 0 Å². The van der Waals surface area contributed by atoms with Gasteiger partial charge in [0.05, 0.1) is 0 Å². The topological polar surface area (TPSA) is 87.7 Å². The molecule has 2 amide bonds. The van der Waals surface area contributed by atoms with Gasteiger partial charge in [0.2, 0.25) is 0 Å². The highest BCUT2D eigenvalue weighted by atomic mass is 16.5. The van der Waals surface area contributed by atoms with Crippen molar-refractivity contribution in [2.75, 3.05) is 19.8 Å². The van der Waals surface area contributed by atoms with E-state index in [1.54, 1.807) is 0 Å². The molecule has 20 heavy (non-hydrogen) atoms. The van der Waals surface area contributed by atoms with Gasteiger partial charge in [0.1, 0.15) is 5.54 Å². The third-order valence-electron chi connectivity index (χ3n) is 3.42. The fraction of sp³-hybridized carbons (Fsp3) is 0.857. The maximum atomic E-state index is 11.7. The van der Waals surface area contributed by atoms with Gasteiger partial charge < -0.3 is 20.5 Å². The Morgan fingerprint density at radius 2 is 1.95 bits per heavy atom. The van der Waals surface area contributed by atoms with Gasteiger partial charge in [-0.3, -0.25) is 0 Å². The molecule has 0 atom stereocenters. The van der Waals surface area contributed by atoms with E-state index in [9.17, 15) is 14.7 Å². The largest absolute Gasteiger partial charge is 0.480 e. The maximum Gasteiger partial charge on any atom is 0.329 e. The van der Waals surface area contributed by atoms with Gasteiger partial charge >= 0.3 is 12.0 Å². The van der Waals surface area contributed by atoms with Gasteiger partial charge in [0.25, 0.3) is 0 Å². The number of aliphatic carboxylic acids is 1. The number of ether oxygens (including phenoxy) is 1. The van der Waals surface area contributed by atoms with E-state index < -0.39 is 17.5 Å². The lowest BCUT2D eigenvalue weighted by Gasteiger charge is -2.25. The van der Waals surface area contributed by atoms with Crippen LogP contribution < -0.4 is 10.6 Å². The zero-order valence-corrected chi connectivity index (χ0v) is 12.4. The summed E-state index contributed by atoms with van der Waals surface area (Å²) in [7, 11) is 0. The SMILES string of the molecule is CC(C)COCCCNC(=O)NC1(C(=O)O)CCCC1. The van der Waals surface area contributed by atoms with E-state index >= 15 is 0 Å². The Kier molecular flexibility index (Phi) is 6.78. The van der Waals surface area contributed by atoms with Crippen molar-refractivity contribution in [2.45, 2.75) is 51.5 Å². The van der Waals surface area contributed by atoms with Crippen LogP contribution in [0.25, 0.3) is 0 Å². The Bertz CT molecular complexity index is 325. The molecule has 3 N–H and O–H groups in total. The van der Waals surface area contributed by atoms with E-state index in [2.05, 4.69) is 24.5 Å². The van der Waals surface area contributed by atoms with Crippen molar-refractivity contribution < 1.29 is 19.4 Å². The number of carbonyl (C=O) groups is 2. The smallest absolute Gasteiger partial charge is 0.329 e. The molecule has 0 spiro atoms. The van der Waals surface area contributed by atoms with Crippen molar-refractivity contribution in [3.63, 3.8) is 0 Å². The second kappa shape index (κ2) is 8.09. The number of carboxylic acid groups (broad SMARTS) is 1. The van der Waals surface area contributed by atoms with Crippen LogP contribution in [-0.2, 0) is 9.53 Å². The first-order chi connectivity index (χ1) is 9.46. The molecule has 1 aliphatic rings. The molecule has 1 aliphatic carbocycles. The number of amides is 2. The lowest BCUT2D eigenvalue weighted by molar-refractivity contribution is -0.144. The first kappa shape index (κ1) is 16.8. The summed E-state index contributed by atoms with van der Waals surface area (Å²) < 4.78 is 5.40. The molecule has 0 aliphatic heterocycles. The zero-order chi connectivity index (χ0) is 15.0. The van der Waals surface area contributed by atoms with Crippen molar-refractivity contribution in [2.24, 2.45) is 5.92 Å². The summed E-state index contributed by atoms with van der Waals surface area (Å²) >= 11 is 0. The highest BCUT2D eigenvalue weighted by Crippen LogP contribution is 2.29. The van der Waals surface area contributed by atoms with Gasteiger partial charge in [-0.15, -0.1) is 0 Å². The second-order valence-corrected chi connectivity index (χ2v) is 5.80. The molecule has 0 bridgehead atoms. The number of carboxylic acids is 1. The maximum absolute atomic E-state index is 11.7. The van der Waals surface area contributed by atoms with Crippen LogP contribution in [0.1, 0.15) is 46.0 Å². The Morgan fingerprint density at radius 3 is 2.50 bits per heavy atom. The number of rotatable bonds is 8. The molecule has 0 unspecified atom stereocenters. The van der Waals surface area contributed by atoms with Gasteiger partial charge in [0.15, 0.2) is 0 Å². The molecular weight excluding hydrogens is 260 g/mol. The molecule has 1 saturated carbocycles. The van der Waals surface area contributed by atoms with Crippen LogP contribution in [0.4, 0.5) is 4.79 Å². The number of hydrogen-bond acceptors (Lipinski definition) is 3. The minimum absolute atomic E-state index is 0.404.